The lowest BCUT2D eigenvalue weighted by Gasteiger charge is -2.21. The highest BCUT2D eigenvalue weighted by Crippen LogP contribution is 2.45. The van der Waals surface area contributed by atoms with Gasteiger partial charge in [-0.1, -0.05) is 0 Å². The Kier molecular flexibility index (Phi) is 8.52. The van der Waals surface area contributed by atoms with Crippen molar-refractivity contribution in [2.45, 2.75) is 46.1 Å². The van der Waals surface area contributed by atoms with Gasteiger partial charge < -0.3 is 20.0 Å². The summed E-state index contributed by atoms with van der Waals surface area (Å²) in [6.07, 6.45) is 1.65. The number of aromatic nitrogens is 1. The number of nitriles is 1. The second-order valence-corrected chi connectivity index (χ2v) is 11.4. The first-order chi connectivity index (χ1) is 16.9. The summed E-state index contributed by atoms with van der Waals surface area (Å²) >= 11 is 2.02. The van der Waals surface area contributed by atoms with Crippen molar-refractivity contribution >= 4 is 57.9 Å². The molecule has 1 aliphatic rings. The van der Waals surface area contributed by atoms with Gasteiger partial charge in [-0.05, 0) is 80.8 Å². The molecule has 1 aromatic carbocycles. The van der Waals surface area contributed by atoms with Crippen LogP contribution in [0.15, 0.2) is 18.2 Å². The van der Waals surface area contributed by atoms with E-state index in [-0.39, 0.29) is 47.1 Å². The molecule has 0 radical (unpaired) electrons. The molecule has 2 aromatic rings. The van der Waals surface area contributed by atoms with E-state index in [9.17, 15) is 19.2 Å². The van der Waals surface area contributed by atoms with Crippen LogP contribution in [0.4, 0.5) is 20.6 Å². The number of ether oxygens (including phenoxy) is 2. The predicted octanol–water partition coefficient (Wildman–Crippen LogP) is 6.14. The molecule has 0 spiro atoms. The van der Waals surface area contributed by atoms with Crippen LogP contribution in [-0.4, -0.2) is 35.3 Å². The fraction of sp³-hybridized carbons (Fsp3) is 0.375. The van der Waals surface area contributed by atoms with Gasteiger partial charge in [0.15, 0.2) is 0 Å². The first-order valence-electron chi connectivity index (χ1n) is 11.0. The van der Waals surface area contributed by atoms with E-state index in [4.69, 9.17) is 14.9 Å². The van der Waals surface area contributed by atoms with Crippen LogP contribution in [0.1, 0.15) is 60.8 Å². The van der Waals surface area contributed by atoms with Crippen LogP contribution in [0.5, 0.6) is 5.88 Å². The molecule has 36 heavy (non-hydrogen) atoms. The fourth-order valence-corrected chi connectivity index (χ4v) is 4.47. The quantitative estimate of drug-likeness (QED) is 0.132. The summed E-state index contributed by atoms with van der Waals surface area (Å²) in [4.78, 5) is 30.6. The number of halogens is 2. The standard InChI is InChI=1S/C24H26FIN5O4P/c1-13-9-17(29-22(33)35-23(2,3)4)19(30-21(13)34-12-24(11-28)7-8-24)20(32)14-5-6-16(25)18(31-36-26)15(14)10-27/h5-6,9-10,27,31,36H,7-8,12H2,1-4H3,(H,29,33). The fourth-order valence-electron chi connectivity index (χ4n) is 3.31. The summed E-state index contributed by atoms with van der Waals surface area (Å²) < 4.78 is 25.6. The van der Waals surface area contributed by atoms with Crippen LogP contribution in [0, 0.1) is 34.9 Å². The van der Waals surface area contributed by atoms with E-state index in [0.717, 1.165) is 25.1 Å². The van der Waals surface area contributed by atoms with Crippen molar-refractivity contribution in [3.63, 3.8) is 0 Å². The molecule has 1 aliphatic carbocycles. The Morgan fingerprint density at radius 1 is 1.39 bits per heavy atom. The Bertz CT molecular complexity index is 1250. The average Bonchev–Trinajstić information content (AvgIpc) is 3.58. The van der Waals surface area contributed by atoms with Gasteiger partial charge in [-0.3, -0.25) is 10.1 Å². The van der Waals surface area contributed by atoms with Crippen molar-refractivity contribution in [1.82, 2.24) is 4.98 Å². The number of rotatable bonds is 9. The maximum Gasteiger partial charge on any atom is 0.412 e. The van der Waals surface area contributed by atoms with Gasteiger partial charge in [-0.15, -0.1) is 0 Å². The first kappa shape index (κ1) is 27.7. The van der Waals surface area contributed by atoms with Crippen LogP contribution in [-0.2, 0) is 4.74 Å². The van der Waals surface area contributed by atoms with Crippen molar-refractivity contribution in [3.05, 3.63) is 46.4 Å². The maximum absolute atomic E-state index is 14.4. The zero-order valence-corrected chi connectivity index (χ0v) is 23.4. The third kappa shape index (κ3) is 6.48. The molecule has 1 atom stereocenters. The van der Waals surface area contributed by atoms with Crippen molar-refractivity contribution in [2.75, 3.05) is 17.0 Å². The van der Waals surface area contributed by atoms with Crippen LogP contribution in [0.3, 0.4) is 0 Å². The number of benzene rings is 1. The molecule has 3 N–H and O–H groups in total. The normalized spacial score (nSPS) is 14.1. The highest BCUT2D eigenvalue weighted by Gasteiger charge is 2.44. The second kappa shape index (κ2) is 11.0. The number of carbonyl (C=O) groups is 2. The summed E-state index contributed by atoms with van der Waals surface area (Å²) in [7, 11) is 0. The number of anilines is 2. The minimum absolute atomic E-state index is 0.0220. The Morgan fingerprint density at radius 2 is 2.08 bits per heavy atom. The number of hydrogen-bond acceptors (Lipinski definition) is 8. The molecule has 0 aliphatic heterocycles. The van der Waals surface area contributed by atoms with Crippen molar-refractivity contribution < 1.29 is 23.5 Å². The molecule has 3 rings (SSSR count). The molecular weight excluding hydrogens is 599 g/mol. The van der Waals surface area contributed by atoms with Gasteiger partial charge in [0.1, 0.15) is 23.7 Å². The van der Waals surface area contributed by atoms with E-state index < -0.39 is 28.7 Å². The first-order valence-corrected chi connectivity index (χ1v) is 15.1. The van der Waals surface area contributed by atoms with Gasteiger partial charge in [0.25, 0.3) is 0 Å². The van der Waals surface area contributed by atoms with E-state index in [0.29, 0.717) is 5.56 Å². The number of ketones is 1. The molecular formula is C24H26FIN5O4P. The summed E-state index contributed by atoms with van der Waals surface area (Å²) in [6.45, 7) is 6.95. The van der Waals surface area contributed by atoms with Gasteiger partial charge >= 0.3 is 6.09 Å². The number of amides is 1. The molecule has 1 fully saturated rings. The molecule has 1 heterocycles. The molecule has 0 bridgehead atoms. The van der Waals surface area contributed by atoms with Gasteiger partial charge in [0.05, 0.1) is 22.9 Å². The lowest BCUT2D eigenvalue weighted by Crippen LogP contribution is -2.28. The summed E-state index contributed by atoms with van der Waals surface area (Å²) in [5.41, 5.74) is -0.790. The minimum Gasteiger partial charge on any atom is -0.476 e. The second-order valence-electron chi connectivity index (χ2n) is 9.39. The summed E-state index contributed by atoms with van der Waals surface area (Å²) in [6, 6.07) is 6.18. The van der Waals surface area contributed by atoms with Gasteiger partial charge in [0, 0.05) is 29.3 Å². The highest BCUT2D eigenvalue weighted by atomic mass is 127. The van der Waals surface area contributed by atoms with Crippen molar-refractivity contribution in [2.24, 2.45) is 5.41 Å². The average molecular weight is 625 g/mol. The molecule has 190 valence electrons. The number of aryl methyl sites for hydroxylation is 1. The van der Waals surface area contributed by atoms with E-state index in [1.54, 1.807) is 27.7 Å². The lowest BCUT2D eigenvalue weighted by atomic mass is 9.98. The van der Waals surface area contributed by atoms with E-state index >= 15 is 0 Å². The smallest absolute Gasteiger partial charge is 0.412 e. The maximum atomic E-state index is 14.4. The van der Waals surface area contributed by atoms with Gasteiger partial charge in [-0.25, -0.2) is 14.2 Å². The molecule has 1 aromatic heterocycles. The molecule has 1 amide bonds. The van der Waals surface area contributed by atoms with Crippen LogP contribution >= 0.6 is 28.4 Å². The number of pyridine rings is 1. The zero-order valence-electron chi connectivity index (χ0n) is 20.2. The van der Waals surface area contributed by atoms with Gasteiger partial charge in [-0.2, -0.15) is 5.26 Å². The predicted molar refractivity (Wildman–Crippen MR) is 145 cm³/mol. The Hall–Kier alpha value is -2.84. The van der Waals surface area contributed by atoms with Gasteiger partial charge in [0.2, 0.25) is 11.7 Å². The third-order valence-electron chi connectivity index (χ3n) is 5.35. The minimum atomic E-state index is -0.785. The molecule has 12 heteroatoms. The van der Waals surface area contributed by atoms with E-state index in [1.807, 2.05) is 22.0 Å². The molecule has 0 saturated heterocycles. The molecule has 1 unspecified atom stereocenters. The summed E-state index contributed by atoms with van der Waals surface area (Å²) in [5, 5.41) is 22.6. The van der Waals surface area contributed by atoms with E-state index in [1.165, 1.54) is 12.1 Å². The molecule has 1 saturated carbocycles. The zero-order chi connectivity index (χ0) is 26.7. The SMILES string of the molecule is Cc1cc(NC(=O)OC(C)(C)C)c(C(=O)c2ccc(F)c(NPI)c2C=N)nc1OCC1(C#N)CC1. The Labute approximate surface area is 223 Å². The number of hydrogen-bond donors (Lipinski definition) is 3. The van der Waals surface area contributed by atoms with Crippen molar-refractivity contribution in [3.8, 4) is 11.9 Å². The molecule has 9 nitrogen and oxygen atoms in total. The van der Waals surface area contributed by atoms with Crippen LogP contribution in [0.2, 0.25) is 0 Å². The Morgan fingerprint density at radius 3 is 2.64 bits per heavy atom. The monoisotopic (exact) mass is 625 g/mol. The highest BCUT2D eigenvalue weighted by molar-refractivity contribution is 14.2. The lowest BCUT2D eigenvalue weighted by molar-refractivity contribution is 0.0636. The number of carbonyl (C=O) groups excluding carboxylic acids is 2. The van der Waals surface area contributed by atoms with Crippen LogP contribution < -0.4 is 15.1 Å². The summed E-state index contributed by atoms with van der Waals surface area (Å²) in [5.74, 6) is -1.11. The number of nitrogens with zero attached hydrogens (tertiary/aromatic N) is 2. The third-order valence-corrected chi connectivity index (χ3v) is 6.50. The van der Waals surface area contributed by atoms with Crippen molar-refractivity contribution in [1.29, 1.82) is 10.7 Å². The number of nitrogens with one attached hydrogen (secondary N) is 3. The van der Waals surface area contributed by atoms with Crippen LogP contribution in [0.25, 0.3) is 0 Å². The van der Waals surface area contributed by atoms with E-state index in [2.05, 4.69) is 21.5 Å². The Balaban J connectivity index is 2.08. The largest absolute Gasteiger partial charge is 0.476 e. The topological polar surface area (TPSA) is 137 Å².